The molecule has 0 aromatic heterocycles. The van der Waals surface area contributed by atoms with Gasteiger partial charge in [0.15, 0.2) is 18.7 Å². The summed E-state index contributed by atoms with van der Waals surface area (Å²) in [5.74, 6) is -0.768. The van der Waals surface area contributed by atoms with Crippen LogP contribution in [0.25, 0.3) is 0 Å². The SMILES string of the molecule is CC(=O)O[C@H]1[C@@H](O)[C@@H](CO)O[C@@H](O[C@@H](C=NCc2ccccc2)[C@H](CO)O[C@H](O)C=NCc2ccccc2)[C@@H]1O. The number of rotatable bonds is 14. The van der Waals surface area contributed by atoms with E-state index in [4.69, 9.17) is 18.9 Å². The molecular formula is C28H36N2O10. The maximum atomic E-state index is 11.6. The average Bonchev–Trinajstić information content (AvgIpc) is 2.95. The van der Waals surface area contributed by atoms with Gasteiger partial charge in [-0.25, -0.2) is 0 Å². The molecule has 1 aliphatic rings. The van der Waals surface area contributed by atoms with Gasteiger partial charge in [-0.15, -0.1) is 0 Å². The predicted molar refractivity (Wildman–Crippen MR) is 143 cm³/mol. The summed E-state index contributed by atoms with van der Waals surface area (Å²) in [6.45, 7) is 0.368. The molecule has 12 heteroatoms. The molecule has 0 spiro atoms. The fourth-order valence-corrected chi connectivity index (χ4v) is 3.99. The molecule has 1 saturated heterocycles. The quantitative estimate of drug-likeness (QED) is 0.120. The van der Waals surface area contributed by atoms with Crippen molar-refractivity contribution < 1.29 is 49.3 Å². The Morgan fingerprint density at radius 2 is 1.52 bits per heavy atom. The number of aliphatic imine (C=N–C) groups is 2. The number of hydrogen-bond donors (Lipinski definition) is 5. The smallest absolute Gasteiger partial charge is 0.303 e. The van der Waals surface area contributed by atoms with Crippen LogP contribution >= 0.6 is 0 Å². The number of carbonyl (C=O) groups is 1. The summed E-state index contributed by atoms with van der Waals surface area (Å²) < 4.78 is 22.0. The van der Waals surface area contributed by atoms with Crippen molar-refractivity contribution in [3.63, 3.8) is 0 Å². The number of esters is 1. The van der Waals surface area contributed by atoms with Crippen molar-refractivity contribution in [2.45, 2.75) is 69.2 Å². The molecule has 40 heavy (non-hydrogen) atoms. The number of aliphatic hydroxyl groups is 5. The summed E-state index contributed by atoms with van der Waals surface area (Å²) in [6.07, 6.45) is -8.84. The zero-order valence-corrected chi connectivity index (χ0v) is 22.0. The first-order valence-corrected chi connectivity index (χ1v) is 12.8. The van der Waals surface area contributed by atoms with Crippen molar-refractivity contribution in [1.29, 1.82) is 0 Å². The molecule has 0 saturated carbocycles. The van der Waals surface area contributed by atoms with Crippen molar-refractivity contribution in [2.24, 2.45) is 9.98 Å². The zero-order chi connectivity index (χ0) is 28.9. The van der Waals surface area contributed by atoms with E-state index in [1.807, 2.05) is 60.7 Å². The van der Waals surface area contributed by atoms with E-state index in [1.54, 1.807) is 0 Å². The molecule has 1 fully saturated rings. The van der Waals surface area contributed by atoms with Crippen molar-refractivity contribution in [3.05, 3.63) is 71.8 Å². The van der Waals surface area contributed by atoms with E-state index in [9.17, 15) is 30.3 Å². The maximum Gasteiger partial charge on any atom is 0.303 e. The highest BCUT2D eigenvalue weighted by molar-refractivity contribution is 5.66. The number of carbonyl (C=O) groups excluding carboxylic acids is 1. The van der Waals surface area contributed by atoms with Gasteiger partial charge in [0.05, 0.1) is 32.5 Å². The minimum absolute atomic E-state index is 0.252. The second-order valence-corrected chi connectivity index (χ2v) is 9.08. The molecule has 8 atom stereocenters. The van der Waals surface area contributed by atoms with Crippen LogP contribution in [0, 0.1) is 0 Å². The van der Waals surface area contributed by atoms with Crippen LogP contribution < -0.4 is 0 Å². The van der Waals surface area contributed by atoms with E-state index in [0.717, 1.165) is 18.1 Å². The highest BCUT2D eigenvalue weighted by Crippen LogP contribution is 2.26. The minimum Gasteiger partial charge on any atom is -0.457 e. The van der Waals surface area contributed by atoms with Gasteiger partial charge in [0.2, 0.25) is 0 Å². The Morgan fingerprint density at radius 1 is 0.950 bits per heavy atom. The van der Waals surface area contributed by atoms with E-state index in [-0.39, 0.29) is 6.54 Å². The standard InChI is InChI=1S/C28H36N2O10/c1-18(33)37-27-25(35)23(17-32)40-28(26(27)36)39-21(14-29-12-19-8-4-2-5-9-19)22(16-31)38-24(34)15-30-13-20-10-6-3-7-11-20/h2-11,14-15,21-28,31-32,34-36H,12-13,16-17H2,1H3/t21-,22-,23+,24-,25-,26+,27-,28+/m0/s1. The number of nitrogens with zero attached hydrogens (tertiary/aromatic N) is 2. The molecule has 1 aliphatic heterocycles. The predicted octanol–water partition coefficient (Wildman–Crippen LogP) is -0.0198. The first-order valence-electron chi connectivity index (χ1n) is 12.8. The highest BCUT2D eigenvalue weighted by Gasteiger charge is 2.48. The molecule has 0 amide bonds. The van der Waals surface area contributed by atoms with Crippen LogP contribution in [0.2, 0.25) is 0 Å². The van der Waals surface area contributed by atoms with Crippen LogP contribution in [0.15, 0.2) is 70.6 Å². The number of aliphatic hydroxyl groups excluding tert-OH is 5. The molecular weight excluding hydrogens is 524 g/mol. The van der Waals surface area contributed by atoms with Crippen molar-refractivity contribution in [2.75, 3.05) is 13.2 Å². The Labute approximate surface area is 232 Å². The van der Waals surface area contributed by atoms with Gasteiger partial charge in [0.1, 0.15) is 30.5 Å². The minimum atomic E-state index is -1.66. The van der Waals surface area contributed by atoms with E-state index >= 15 is 0 Å². The van der Waals surface area contributed by atoms with Gasteiger partial charge in [-0.2, -0.15) is 0 Å². The van der Waals surface area contributed by atoms with Crippen molar-refractivity contribution >= 4 is 18.4 Å². The maximum absolute atomic E-state index is 11.6. The molecule has 5 N–H and O–H groups in total. The van der Waals surface area contributed by atoms with Crippen LogP contribution in [0.5, 0.6) is 0 Å². The van der Waals surface area contributed by atoms with Crippen LogP contribution in [0.3, 0.4) is 0 Å². The largest absolute Gasteiger partial charge is 0.457 e. The fourth-order valence-electron chi connectivity index (χ4n) is 3.99. The first-order chi connectivity index (χ1) is 19.3. The Bertz CT molecular complexity index is 1070. The van der Waals surface area contributed by atoms with Gasteiger partial charge in [-0.1, -0.05) is 60.7 Å². The van der Waals surface area contributed by atoms with Crippen LogP contribution in [-0.2, 0) is 36.8 Å². The number of hydrogen-bond acceptors (Lipinski definition) is 12. The van der Waals surface area contributed by atoms with E-state index < -0.39 is 68.4 Å². The molecule has 0 unspecified atom stereocenters. The summed E-state index contributed by atoms with van der Waals surface area (Å²) in [6, 6.07) is 18.7. The summed E-state index contributed by atoms with van der Waals surface area (Å²) in [5.41, 5.74) is 1.81. The molecule has 12 nitrogen and oxygen atoms in total. The Morgan fingerprint density at radius 3 is 2.05 bits per heavy atom. The van der Waals surface area contributed by atoms with Gasteiger partial charge < -0.3 is 44.5 Å². The summed E-state index contributed by atoms with van der Waals surface area (Å²) in [4.78, 5) is 20.1. The zero-order valence-electron chi connectivity index (χ0n) is 22.0. The third kappa shape index (κ3) is 9.54. The number of ether oxygens (including phenoxy) is 4. The molecule has 218 valence electrons. The number of benzene rings is 2. The third-order valence-corrected chi connectivity index (χ3v) is 5.99. The topological polar surface area (TPSA) is 180 Å². The molecule has 2 aromatic rings. The monoisotopic (exact) mass is 560 g/mol. The molecule has 2 aromatic carbocycles. The normalized spacial score (nSPS) is 25.6. The van der Waals surface area contributed by atoms with Crippen molar-refractivity contribution in [1.82, 2.24) is 0 Å². The van der Waals surface area contributed by atoms with Gasteiger partial charge in [0.25, 0.3) is 0 Å². The van der Waals surface area contributed by atoms with Gasteiger partial charge in [-0.3, -0.25) is 14.8 Å². The third-order valence-electron chi connectivity index (χ3n) is 5.99. The lowest BCUT2D eigenvalue weighted by Crippen LogP contribution is -2.61. The average molecular weight is 561 g/mol. The first kappa shape index (κ1) is 31.5. The summed E-state index contributed by atoms with van der Waals surface area (Å²) in [7, 11) is 0. The van der Waals surface area contributed by atoms with Crippen LogP contribution in [0.4, 0.5) is 0 Å². The molecule has 3 rings (SSSR count). The van der Waals surface area contributed by atoms with Gasteiger partial charge in [-0.05, 0) is 11.1 Å². The highest BCUT2D eigenvalue weighted by atomic mass is 16.7. The molecule has 0 bridgehead atoms. The second-order valence-electron chi connectivity index (χ2n) is 9.08. The lowest BCUT2D eigenvalue weighted by molar-refractivity contribution is -0.315. The molecule has 1 heterocycles. The van der Waals surface area contributed by atoms with E-state index in [0.29, 0.717) is 6.54 Å². The van der Waals surface area contributed by atoms with Crippen molar-refractivity contribution in [3.8, 4) is 0 Å². The van der Waals surface area contributed by atoms with E-state index in [2.05, 4.69) is 9.98 Å². The Hall–Kier alpha value is -3.07. The second kappa shape index (κ2) is 16.3. The van der Waals surface area contributed by atoms with E-state index in [1.165, 1.54) is 12.4 Å². The molecule has 0 radical (unpaired) electrons. The molecule has 0 aliphatic carbocycles. The summed E-state index contributed by atoms with van der Waals surface area (Å²) in [5, 5.41) is 51.3. The summed E-state index contributed by atoms with van der Waals surface area (Å²) >= 11 is 0. The lowest BCUT2D eigenvalue weighted by Gasteiger charge is -2.42. The van der Waals surface area contributed by atoms with Gasteiger partial charge >= 0.3 is 5.97 Å². The Kier molecular flexibility index (Phi) is 12.8. The van der Waals surface area contributed by atoms with Gasteiger partial charge in [0, 0.05) is 13.1 Å². The van der Waals surface area contributed by atoms with Crippen LogP contribution in [0.1, 0.15) is 18.1 Å². The fraction of sp³-hybridized carbons (Fsp3) is 0.464. The lowest BCUT2D eigenvalue weighted by atomic mass is 9.99. The van der Waals surface area contributed by atoms with Crippen LogP contribution in [-0.4, -0.2) is 106 Å². The Balaban J connectivity index is 1.76.